The van der Waals surface area contributed by atoms with E-state index in [-0.39, 0.29) is 0 Å². The third-order valence-electron chi connectivity index (χ3n) is 3.35. The highest BCUT2D eigenvalue weighted by Gasteiger charge is 2.18. The van der Waals surface area contributed by atoms with Gasteiger partial charge in [-0.1, -0.05) is 35.5 Å². The molecule has 0 aliphatic rings. The van der Waals surface area contributed by atoms with Crippen molar-refractivity contribution in [1.82, 2.24) is 0 Å². The molecular formula is C23H41ClO5P2. The molecule has 0 rings (SSSR count). The monoisotopic (exact) mass is 494 g/mol. The Morgan fingerprint density at radius 3 is 1.97 bits per heavy atom. The topological polar surface area (TPSA) is 54.0 Å². The van der Waals surface area contributed by atoms with Crippen LogP contribution in [0.3, 0.4) is 0 Å². The molecule has 0 bridgehead atoms. The van der Waals surface area contributed by atoms with Gasteiger partial charge in [0.25, 0.3) is 7.73 Å². The minimum absolute atomic E-state index is 0.345. The van der Waals surface area contributed by atoms with Crippen LogP contribution < -0.4 is 0 Å². The summed E-state index contributed by atoms with van der Waals surface area (Å²) in [6.45, 7) is 17.5. The molecule has 0 aliphatic heterocycles. The van der Waals surface area contributed by atoms with E-state index >= 15 is 0 Å². The van der Waals surface area contributed by atoms with Crippen LogP contribution in [-0.2, 0) is 22.7 Å². The van der Waals surface area contributed by atoms with E-state index in [1.165, 1.54) is 17.0 Å². The van der Waals surface area contributed by atoms with Gasteiger partial charge in [-0.25, -0.2) is 0 Å². The summed E-state index contributed by atoms with van der Waals surface area (Å²) < 4.78 is 32.4. The highest BCUT2D eigenvalue weighted by Crippen LogP contribution is 2.49. The maximum atomic E-state index is 12.3. The van der Waals surface area contributed by atoms with Gasteiger partial charge in [-0.2, -0.15) is 0 Å². The van der Waals surface area contributed by atoms with Crippen LogP contribution in [0, 0.1) is 0 Å². The summed E-state index contributed by atoms with van der Waals surface area (Å²) >= 11 is 5.50. The summed E-state index contributed by atoms with van der Waals surface area (Å²) in [6, 6.07) is 0. The molecule has 8 heteroatoms. The lowest BCUT2D eigenvalue weighted by Crippen LogP contribution is -1.92. The summed E-state index contributed by atoms with van der Waals surface area (Å²) in [5.74, 6) is 1.41. The lowest BCUT2D eigenvalue weighted by molar-refractivity contribution is 0.229. The Labute approximate surface area is 196 Å². The van der Waals surface area contributed by atoms with Crippen LogP contribution >= 0.6 is 26.6 Å². The summed E-state index contributed by atoms with van der Waals surface area (Å²) in [4.78, 5) is 0. The standard InChI is InChI=1S/C19H31O3P.C4H10ClO2P/c1-7-21-23(20,22-8-2)16-15-19(6)14-10-13-18(5)12-9-11-17(3)4;1-3-6-8(5)7-4-2/h10-11,13-14,16H,7-9,12H2,1-6H3;3-4H2,1-2H3/b14-10+,18-13+;. The van der Waals surface area contributed by atoms with Crippen molar-refractivity contribution >= 4 is 26.6 Å². The Hall–Kier alpha value is -0.470. The van der Waals surface area contributed by atoms with Crippen LogP contribution in [0.25, 0.3) is 0 Å². The normalized spacial score (nSPS) is 11.7. The molecule has 31 heavy (non-hydrogen) atoms. The van der Waals surface area contributed by atoms with Gasteiger partial charge in [0, 0.05) is 0 Å². The third kappa shape index (κ3) is 22.5. The van der Waals surface area contributed by atoms with Crippen LogP contribution in [-0.4, -0.2) is 26.4 Å². The Balaban J connectivity index is 0. The molecule has 180 valence electrons. The molecule has 0 unspecified atom stereocenters. The maximum absolute atomic E-state index is 12.3. The molecule has 0 saturated carbocycles. The van der Waals surface area contributed by atoms with Crippen LogP contribution in [0.2, 0.25) is 0 Å². The van der Waals surface area contributed by atoms with Crippen molar-refractivity contribution in [3.63, 3.8) is 0 Å². The van der Waals surface area contributed by atoms with Gasteiger partial charge in [0.1, 0.15) is 0 Å². The van der Waals surface area contributed by atoms with Gasteiger partial charge in [0.2, 0.25) is 0 Å². The highest BCUT2D eigenvalue weighted by molar-refractivity contribution is 7.76. The summed E-state index contributed by atoms with van der Waals surface area (Å²) in [7, 11) is -4.27. The van der Waals surface area contributed by atoms with E-state index in [4.69, 9.17) is 29.3 Å². The first-order chi connectivity index (χ1) is 14.6. The molecule has 0 fully saturated rings. The molecule has 0 amide bonds. The van der Waals surface area contributed by atoms with Crippen molar-refractivity contribution in [2.75, 3.05) is 26.4 Å². The van der Waals surface area contributed by atoms with Gasteiger partial charge >= 0.3 is 7.60 Å². The van der Waals surface area contributed by atoms with E-state index in [0.717, 1.165) is 18.4 Å². The Morgan fingerprint density at radius 2 is 1.52 bits per heavy atom. The fourth-order valence-electron chi connectivity index (χ4n) is 1.97. The van der Waals surface area contributed by atoms with Crippen molar-refractivity contribution in [3.05, 3.63) is 52.6 Å². The van der Waals surface area contributed by atoms with Gasteiger partial charge in [-0.15, -0.1) is 5.73 Å². The smallest absolute Gasteiger partial charge is 0.322 e. The minimum atomic E-state index is -3.16. The molecule has 0 spiro atoms. The van der Waals surface area contributed by atoms with Crippen molar-refractivity contribution in [2.45, 2.75) is 68.2 Å². The van der Waals surface area contributed by atoms with Crippen molar-refractivity contribution in [2.24, 2.45) is 0 Å². The zero-order valence-corrected chi connectivity index (χ0v) is 23.0. The quantitative estimate of drug-likeness (QED) is 0.104. The molecule has 0 aliphatic carbocycles. The Bertz CT molecular complexity index is 645. The summed E-state index contributed by atoms with van der Waals surface area (Å²) in [6.07, 6.45) is 10.4. The molecule has 0 N–H and O–H groups in total. The average molecular weight is 495 g/mol. The predicted molar refractivity (Wildman–Crippen MR) is 136 cm³/mol. The fourth-order valence-corrected chi connectivity index (χ4v) is 4.34. The van der Waals surface area contributed by atoms with Crippen LogP contribution in [0.4, 0.5) is 0 Å². The lowest BCUT2D eigenvalue weighted by Gasteiger charge is -2.11. The Kier molecular flexibility index (Phi) is 22.6. The largest absolute Gasteiger partial charge is 0.361 e. The molecule has 0 aromatic carbocycles. The molecule has 0 saturated heterocycles. The summed E-state index contributed by atoms with van der Waals surface area (Å²) in [5, 5.41) is 0. The minimum Gasteiger partial charge on any atom is -0.322 e. The maximum Gasteiger partial charge on any atom is 0.361 e. The molecule has 0 aromatic rings. The van der Waals surface area contributed by atoms with E-state index in [9.17, 15) is 4.57 Å². The van der Waals surface area contributed by atoms with Crippen molar-refractivity contribution in [1.29, 1.82) is 0 Å². The molecule has 0 heterocycles. The van der Waals surface area contributed by atoms with Gasteiger partial charge < -0.3 is 18.1 Å². The number of halogens is 1. The Morgan fingerprint density at radius 1 is 0.968 bits per heavy atom. The average Bonchev–Trinajstić information content (AvgIpc) is 2.67. The van der Waals surface area contributed by atoms with Crippen LogP contribution in [0.1, 0.15) is 68.2 Å². The number of hydrogen-bond acceptors (Lipinski definition) is 5. The van der Waals surface area contributed by atoms with Crippen molar-refractivity contribution in [3.8, 4) is 0 Å². The van der Waals surface area contributed by atoms with E-state index in [1.807, 2.05) is 32.9 Å². The fraction of sp³-hybridized carbons (Fsp3) is 0.609. The second-order valence-electron chi connectivity index (χ2n) is 6.57. The van der Waals surface area contributed by atoms with Gasteiger partial charge in [0.15, 0.2) is 0 Å². The van der Waals surface area contributed by atoms with E-state index in [0.29, 0.717) is 26.4 Å². The SMILES string of the molecule is CCOP(=O)(C=C=C(C)/C=C/C=C(\C)CCC=C(C)C)OCC.CCOP(Cl)OCC. The van der Waals surface area contributed by atoms with E-state index in [2.05, 4.69) is 38.7 Å². The first-order valence-electron chi connectivity index (χ1n) is 10.7. The predicted octanol–water partition coefficient (Wildman–Crippen LogP) is 9.09. The molecule has 0 atom stereocenters. The van der Waals surface area contributed by atoms with E-state index < -0.39 is 15.3 Å². The highest BCUT2D eigenvalue weighted by atomic mass is 35.7. The summed E-state index contributed by atoms with van der Waals surface area (Å²) in [5.41, 5.74) is 6.53. The molecule has 0 aromatic heterocycles. The van der Waals surface area contributed by atoms with Gasteiger partial charge in [-0.05, 0) is 85.0 Å². The number of hydrogen-bond donors (Lipinski definition) is 0. The first kappa shape index (κ1) is 32.7. The second-order valence-corrected chi connectivity index (χ2v) is 10.2. The first-order valence-corrected chi connectivity index (χ1v) is 14.4. The number of rotatable bonds is 14. The molecule has 5 nitrogen and oxygen atoms in total. The van der Waals surface area contributed by atoms with Crippen LogP contribution in [0.5, 0.6) is 0 Å². The second kappa shape index (κ2) is 21.4. The van der Waals surface area contributed by atoms with Crippen LogP contribution in [0.15, 0.2) is 52.6 Å². The third-order valence-corrected chi connectivity index (χ3v) is 6.54. The number of allylic oxidation sites excluding steroid dienone is 7. The molecule has 0 radical (unpaired) electrons. The van der Waals surface area contributed by atoms with Crippen molar-refractivity contribution < 1.29 is 22.7 Å². The lowest BCUT2D eigenvalue weighted by atomic mass is 10.1. The molecular weight excluding hydrogens is 454 g/mol. The van der Waals surface area contributed by atoms with E-state index in [1.54, 1.807) is 13.8 Å². The van der Waals surface area contributed by atoms with Gasteiger partial charge in [-0.3, -0.25) is 4.57 Å². The zero-order chi connectivity index (χ0) is 24.1. The zero-order valence-electron chi connectivity index (χ0n) is 20.4. The van der Waals surface area contributed by atoms with Gasteiger partial charge in [0.05, 0.1) is 32.2 Å².